The van der Waals surface area contributed by atoms with E-state index in [1.54, 1.807) is 32.4 Å². The van der Waals surface area contributed by atoms with Crippen molar-refractivity contribution in [3.63, 3.8) is 0 Å². The summed E-state index contributed by atoms with van der Waals surface area (Å²) in [6.07, 6.45) is 0. The minimum atomic E-state index is -0.318. The summed E-state index contributed by atoms with van der Waals surface area (Å²) in [6, 6.07) is 27.2. The lowest BCUT2D eigenvalue weighted by Gasteiger charge is -2.10. The van der Waals surface area contributed by atoms with Crippen molar-refractivity contribution >= 4 is 38.8 Å². The van der Waals surface area contributed by atoms with Crippen molar-refractivity contribution in [3.8, 4) is 33.9 Å². The second-order valence-electron chi connectivity index (χ2n) is 7.87. The first-order valence-corrected chi connectivity index (χ1v) is 11.8. The molecule has 0 saturated carbocycles. The Morgan fingerprint density at radius 1 is 0.857 bits per heavy atom. The Kier molecular flexibility index (Phi) is 6.08. The predicted molar refractivity (Wildman–Crippen MR) is 142 cm³/mol. The molecule has 2 aromatic heterocycles. The first-order valence-electron chi connectivity index (χ1n) is 11.0. The summed E-state index contributed by atoms with van der Waals surface area (Å²) >= 11 is 1.28. The maximum absolute atomic E-state index is 13.3. The monoisotopic (exact) mass is 481 g/mol. The van der Waals surface area contributed by atoms with Gasteiger partial charge in [0.05, 0.1) is 25.6 Å². The fourth-order valence-corrected chi connectivity index (χ4v) is 4.97. The second-order valence-corrected chi connectivity index (χ2v) is 8.87. The Bertz CT molecular complexity index is 1490. The lowest BCUT2D eigenvalue weighted by atomic mass is 9.99. The average Bonchev–Trinajstić information content (AvgIpc) is 3.25. The molecule has 7 heteroatoms. The van der Waals surface area contributed by atoms with Crippen molar-refractivity contribution in [3.05, 3.63) is 89.8 Å². The van der Waals surface area contributed by atoms with Crippen LogP contribution in [0.15, 0.2) is 84.9 Å². The normalized spacial score (nSPS) is 10.8. The molecule has 5 rings (SSSR count). The van der Waals surface area contributed by atoms with Gasteiger partial charge < -0.3 is 20.5 Å². The van der Waals surface area contributed by atoms with Crippen LogP contribution in [0.5, 0.6) is 11.5 Å². The molecule has 6 nitrogen and oxygen atoms in total. The molecule has 3 aromatic carbocycles. The van der Waals surface area contributed by atoms with E-state index in [0.29, 0.717) is 32.6 Å². The van der Waals surface area contributed by atoms with Crippen LogP contribution in [-0.2, 0) is 0 Å². The number of nitrogens with two attached hydrogens (primary N) is 1. The largest absolute Gasteiger partial charge is 0.497 e. The molecule has 5 aromatic rings. The zero-order valence-electron chi connectivity index (χ0n) is 19.2. The number of thiophene rings is 1. The van der Waals surface area contributed by atoms with Crippen LogP contribution in [-0.4, -0.2) is 25.1 Å². The Morgan fingerprint density at radius 2 is 1.46 bits per heavy atom. The second kappa shape index (κ2) is 9.48. The zero-order chi connectivity index (χ0) is 24.4. The number of methoxy groups -OCH3 is 2. The van der Waals surface area contributed by atoms with E-state index in [2.05, 4.69) is 5.32 Å². The van der Waals surface area contributed by atoms with Gasteiger partial charge in [-0.2, -0.15) is 0 Å². The van der Waals surface area contributed by atoms with Gasteiger partial charge in [-0.1, -0.05) is 60.7 Å². The molecular formula is C28H23N3O3S. The lowest BCUT2D eigenvalue weighted by Crippen LogP contribution is -2.12. The van der Waals surface area contributed by atoms with E-state index in [0.717, 1.165) is 27.8 Å². The minimum absolute atomic E-state index is 0.318. The van der Waals surface area contributed by atoms with E-state index < -0.39 is 0 Å². The highest BCUT2D eigenvalue weighted by atomic mass is 32.1. The van der Waals surface area contributed by atoms with E-state index in [-0.39, 0.29) is 5.91 Å². The standard InChI is InChI=1S/C28H23N3O3S/c1-33-20-13-19(14-21(15-20)34-2)30-27(32)26-25(29)24-22(17-9-5-3-6-10-17)16-23(31-28(24)35-26)18-11-7-4-8-12-18/h3-16H,29H2,1-2H3,(H,30,32). The molecule has 0 fully saturated rings. The summed E-state index contributed by atoms with van der Waals surface area (Å²) in [5.74, 6) is 0.829. The van der Waals surface area contributed by atoms with Crippen molar-refractivity contribution in [1.82, 2.24) is 4.98 Å². The number of pyridine rings is 1. The fourth-order valence-electron chi connectivity index (χ4n) is 3.96. The van der Waals surface area contributed by atoms with Crippen LogP contribution in [0, 0.1) is 0 Å². The van der Waals surface area contributed by atoms with Crippen LogP contribution in [0.4, 0.5) is 11.4 Å². The molecular weight excluding hydrogens is 458 g/mol. The van der Waals surface area contributed by atoms with Gasteiger partial charge in [-0.25, -0.2) is 4.98 Å². The molecule has 2 heterocycles. The number of fused-ring (bicyclic) bond motifs is 1. The molecule has 0 saturated heterocycles. The van der Waals surface area contributed by atoms with Crippen LogP contribution < -0.4 is 20.5 Å². The van der Waals surface area contributed by atoms with Crippen molar-refractivity contribution in [2.75, 3.05) is 25.3 Å². The molecule has 0 aliphatic heterocycles. The topological polar surface area (TPSA) is 86.5 Å². The number of carbonyl (C=O) groups is 1. The fraction of sp³-hybridized carbons (Fsp3) is 0.0714. The number of nitrogens with zero attached hydrogens (tertiary/aromatic N) is 1. The number of anilines is 2. The molecule has 0 atom stereocenters. The van der Waals surface area contributed by atoms with Crippen molar-refractivity contribution in [2.24, 2.45) is 0 Å². The number of benzene rings is 3. The van der Waals surface area contributed by atoms with Crippen molar-refractivity contribution < 1.29 is 14.3 Å². The average molecular weight is 482 g/mol. The quantitative estimate of drug-likeness (QED) is 0.290. The maximum atomic E-state index is 13.3. The summed E-state index contributed by atoms with van der Waals surface area (Å²) < 4.78 is 10.6. The van der Waals surface area contributed by atoms with Gasteiger partial charge in [-0.05, 0) is 17.2 Å². The van der Waals surface area contributed by atoms with Gasteiger partial charge in [0.2, 0.25) is 0 Å². The molecule has 0 aliphatic carbocycles. The Morgan fingerprint density at radius 3 is 2.06 bits per heavy atom. The molecule has 0 aliphatic rings. The highest BCUT2D eigenvalue weighted by molar-refractivity contribution is 7.21. The van der Waals surface area contributed by atoms with Gasteiger partial charge in [0.15, 0.2) is 0 Å². The third-order valence-corrected chi connectivity index (χ3v) is 6.77. The number of hydrogen-bond donors (Lipinski definition) is 2. The van der Waals surface area contributed by atoms with Crippen molar-refractivity contribution in [2.45, 2.75) is 0 Å². The molecule has 0 radical (unpaired) electrons. The Balaban J connectivity index is 1.63. The van der Waals surface area contributed by atoms with E-state index in [9.17, 15) is 4.79 Å². The highest BCUT2D eigenvalue weighted by Crippen LogP contribution is 2.41. The first kappa shape index (κ1) is 22.4. The maximum Gasteiger partial charge on any atom is 0.267 e. The summed E-state index contributed by atoms with van der Waals surface area (Å²) in [5, 5.41) is 3.69. The van der Waals surface area contributed by atoms with Crippen molar-refractivity contribution in [1.29, 1.82) is 0 Å². The summed E-state index contributed by atoms with van der Waals surface area (Å²) in [6.45, 7) is 0. The SMILES string of the molecule is COc1cc(NC(=O)c2sc3nc(-c4ccccc4)cc(-c4ccccc4)c3c2N)cc(OC)c1. The van der Waals surface area contributed by atoms with Gasteiger partial charge in [0.25, 0.3) is 5.91 Å². The van der Waals surface area contributed by atoms with Crippen LogP contribution in [0.1, 0.15) is 9.67 Å². The van der Waals surface area contributed by atoms with E-state index in [1.807, 2.05) is 66.7 Å². The van der Waals surface area contributed by atoms with Gasteiger partial charge >= 0.3 is 0 Å². The number of carbonyl (C=O) groups excluding carboxylic acids is 1. The summed E-state index contributed by atoms with van der Waals surface area (Å²) in [7, 11) is 3.12. The number of ether oxygens (including phenoxy) is 2. The molecule has 0 bridgehead atoms. The van der Waals surface area contributed by atoms with Crippen LogP contribution >= 0.6 is 11.3 Å². The third kappa shape index (κ3) is 4.41. The molecule has 35 heavy (non-hydrogen) atoms. The van der Waals surface area contributed by atoms with E-state index in [1.165, 1.54) is 11.3 Å². The number of hydrogen-bond acceptors (Lipinski definition) is 6. The molecule has 174 valence electrons. The van der Waals surface area contributed by atoms with Crippen LogP contribution in [0.2, 0.25) is 0 Å². The van der Waals surface area contributed by atoms with Crippen LogP contribution in [0.3, 0.4) is 0 Å². The molecule has 3 N–H and O–H groups in total. The summed E-state index contributed by atoms with van der Waals surface area (Å²) in [4.78, 5) is 19.3. The molecule has 1 amide bonds. The summed E-state index contributed by atoms with van der Waals surface area (Å²) in [5.41, 5.74) is 11.3. The lowest BCUT2D eigenvalue weighted by molar-refractivity contribution is 0.103. The number of rotatable bonds is 6. The number of amides is 1. The Labute approximate surface area is 207 Å². The van der Waals surface area contributed by atoms with Gasteiger partial charge in [-0.3, -0.25) is 4.79 Å². The van der Waals surface area contributed by atoms with Crippen LogP contribution in [0.25, 0.3) is 32.6 Å². The van der Waals surface area contributed by atoms with E-state index >= 15 is 0 Å². The molecule has 0 unspecified atom stereocenters. The number of nitrogens with one attached hydrogen (secondary N) is 1. The number of aromatic nitrogens is 1. The zero-order valence-corrected chi connectivity index (χ0v) is 20.1. The van der Waals surface area contributed by atoms with Gasteiger partial charge in [0, 0.05) is 34.8 Å². The highest BCUT2D eigenvalue weighted by Gasteiger charge is 2.22. The third-order valence-electron chi connectivity index (χ3n) is 5.67. The van der Waals surface area contributed by atoms with Gasteiger partial charge in [-0.15, -0.1) is 11.3 Å². The number of nitrogen functional groups attached to an aromatic ring is 1. The minimum Gasteiger partial charge on any atom is -0.497 e. The predicted octanol–water partition coefficient (Wildman–Crippen LogP) is 6.48. The smallest absolute Gasteiger partial charge is 0.267 e. The van der Waals surface area contributed by atoms with E-state index in [4.69, 9.17) is 20.2 Å². The van der Waals surface area contributed by atoms with Gasteiger partial charge in [0.1, 0.15) is 21.2 Å². The molecule has 0 spiro atoms. The first-order chi connectivity index (χ1) is 17.1. The Hall–Kier alpha value is -4.36.